The number of hydrogen-bond donors (Lipinski definition) is 2. The van der Waals surface area contributed by atoms with Crippen molar-refractivity contribution in [3.63, 3.8) is 0 Å². The third-order valence-electron chi connectivity index (χ3n) is 3.77. The van der Waals surface area contributed by atoms with Crippen molar-refractivity contribution in [3.8, 4) is 0 Å². The van der Waals surface area contributed by atoms with Crippen molar-refractivity contribution in [3.05, 3.63) is 29.3 Å². The lowest BCUT2D eigenvalue weighted by Gasteiger charge is -2.30. The molecule has 0 aromatic heterocycles. The minimum absolute atomic E-state index is 0. The average Bonchev–Trinajstić information content (AvgIpc) is 2.42. The van der Waals surface area contributed by atoms with Gasteiger partial charge in [-0.05, 0) is 57.2 Å². The molecular formula is C15H23ClN2OS. The van der Waals surface area contributed by atoms with Crippen LogP contribution in [0.3, 0.4) is 0 Å². The first-order chi connectivity index (χ1) is 9.11. The summed E-state index contributed by atoms with van der Waals surface area (Å²) < 4.78 is 0. The summed E-state index contributed by atoms with van der Waals surface area (Å²) >= 11 is 1.66. The van der Waals surface area contributed by atoms with E-state index < -0.39 is 0 Å². The number of benzene rings is 1. The van der Waals surface area contributed by atoms with Gasteiger partial charge >= 0.3 is 0 Å². The van der Waals surface area contributed by atoms with Gasteiger partial charge in [0.15, 0.2) is 0 Å². The van der Waals surface area contributed by atoms with E-state index >= 15 is 0 Å². The molecule has 2 atom stereocenters. The Kier molecular flexibility index (Phi) is 6.86. The molecule has 2 N–H and O–H groups in total. The van der Waals surface area contributed by atoms with Crippen molar-refractivity contribution >= 4 is 30.1 Å². The van der Waals surface area contributed by atoms with Crippen LogP contribution in [0.25, 0.3) is 0 Å². The maximum atomic E-state index is 12.4. The molecule has 2 unspecified atom stereocenters. The van der Waals surface area contributed by atoms with Crippen LogP contribution in [0.2, 0.25) is 0 Å². The molecule has 1 amide bonds. The second-order valence-electron chi connectivity index (χ2n) is 5.15. The lowest BCUT2D eigenvalue weighted by Crippen LogP contribution is -2.52. The lowest BCUT2D eigenvalue weighted by molar-refractivity contribution is 0.0919. The van der Waals surface area contributed by atoms with Gasteiger partial charge in [0.25, 0.3) is 5.91 Å². The molecule has 0 bridgehead atoms. The molecule has 1 aliphatic heterocycles. The molecule has 1 aliphatic rings. The molecule has 20 heavy (non-hydrogen) atoms. The number of carbonyl (C=O) groups is 1. The van der Waals surface area contributed by atoms with E-state index in [4.69, 9.17) is 0 Å². The van der Waals surface area contributed by atoms with E-state index in [2.05, 4.69) is 23.6 Å². The highest BCUT2D eigenvalue weighted by atomic mass is 35.5. The molecule has 2 rings (SSSR count). The van der Waals surface area contributed by atoms with Crippen molar-refractivity contribution in [2.24, 2.45) is 0 Å². The van der Waals surface area contributed by atoms with Gasteiger partial charge in [0.2, 0.25) is 0 Å². The standard InChI is InChI=1S/C15H22N2OS.ClH/c1-10-6-7-12(19-3)9-13(10)15(18)17-14-5-4-8-16-11(14)2;/h6-7,9,11,14,16H,4-5,8H2,1-3H3,(H,17,18);1H. The maximum absolute atomic E-state index is 12.4. The third kappa shape index (κ3) is 4.14. The molecule has 0 aliphatic carbocycles. The number of piperidine rings is 1. The van der Waals surface area contributed by atoms with Crippen molar-refractivity contribution in [1.29, 1.82) is 0 Å². The van der Waals surface area contributed by atoms with Crippen LogP contribution in [-0.2, 0) is 0 Å². The first-order valence-corrected chi connectivity index (χ1v) is 8.03. The highest BCUT2D eigenvalue weighted by Crippen LogP contribution is 2.19. The van der Waals surface area contributed by atoms with E-state index in [1.807, 2.05) is 25.3 Å². The van der Waals surface area contributed by atoms with Crippen LogP contribution in [0.4, 0.5) is 0 Å². The number of thioether (sulfide) groups is 1. The van der Waals surface area contributed by atoms with Crippen molar-refractivity contribution in [2.75, 3.05) is 12.8 Å². The van der Waals surface area contributed by atoms with Crippen molar-refractivity contribution < 1.29 is 4.79 Å². The average molecular weight is 315 g/mol. The Bertz CT molecular complexity index is 467. The summed E-state index contributed by atoms with van der Waals surface area (Å²) in [6.45, 7) is 5.17. The normalized spacial score (nSPS) is 21.9. The summed E-state index contributed by atoms with van der Waals surface area (Å²) in [5.41, 5.74) is 1.83. The molecule has 1 fully saturated rings. The molecule has 112 valence electrons. The number of aryl methyl sites for hydroxylation is 1. The van der Waals surface area contributed by atoms with Crippen LogP contribution in [0.5, 0.6) is 0 Å². The van der Waals surface area contributed by atoms with Gasteiger partial charge in [-0.3, -0.25) is 4.79 Å². The number of rotatable bonds is 3. The van der Waals surface area contributed by atoms with E-state index in [-0.39, 0.29) is 24.4 Å². The Hall–Kier alpha value is -0.710. The summed E-state index contributed by atoms with van der Waals surface area (Å²) in [5.74, 6) is 0.0500. The fourth-order valence-corrected chi connectivity index (χ4v) is 2.90. The van der Waals surface area contributed by atoms with Gasteiger partial charge < -0.3 is 10.6 Å². The number of carbonyl (C=O) groups excluding carboxylic acids is 1. The number of amides is 1. The topological polar surface area (TPSA) is 41.1 Å². The van der Waals surface area contributed by atoms with E-state index in [1.54, 1.807) is 11.8 Å². The molecule has 1 heterocycles. The van der Waals surface area contributed by atoms with Gasteiger partial charge in [0.1, 0.15) is 0 Å². The largest absolute Gasteiger partial charge is 0.348 e. The molecule has 1 aromatic rings. The van der Waals surface area contributed by atoms with Crippen LogP contribution in [0, 0.1) is 6.92 Å². The number of hydrogen-bond acceptors (Lipinski definition) is 3. The van der Waals surface area contributed by atoms with Gasteiger partial charge in [-0.2, -0.15) is 0 Å². The minimum atomic E-state index is 0. The Morgan fingerprint density at radius 2 is 2.20 bits per heavy atom. The summed E-state index contributed by atoms with van der Waals surface area (Å²) in [6.07, 6.45) is 4.21. The SMILES string of the molecule is CSc1ccc(C)c(C(=O)NC2CCCNC2C)c1.Cl. The maximum Gasteiger partial charge on any atom is 0.251 e. The first kappa shape index (κ1) is 17.3. The zero-order valence-corrected chi connectivity index (χ0v) is 13.9. The lowest BCUT2D eigenvalue weighted by atomic mass is 9.99. The van der Waals surface area contributed by atoms with Gasteiger partial charge in [0.05, 0.1) is 0 Å². The molecule has 1 aromatic carbocycles. The molecule has 5 heteroatoms. The van der Waals surface area contributed by atoms with Crippen molar-refractivity contribution in [2.45, 2.75) is 43.7 Å². The highest BCUT2D eigenvalue weighted by molar-refractivity contribution is 7.98. The minimum Gasteiger partial charge on any atom is -0.348 e. The monoisotopic (exact) mass is 314 g/mol. The van der Waals surface area contributed by atoms with E-state index in [9.17, 15) is 4.79 Å². The summed E-state index contributed by atoms with van der Waals surface area (Å²) in [7, 11) is 0. The smallest absolute Gasteiger partial charge is 0.251 e. The molecule has 0 saturated carbocycles. The number of nitrogens with one attached hydrogen (secondary N) is 2. The Morgan fingerprint density at radius 3 is 2.85 bits per heavy atom. The Balaban J connectivity index is 0.00000200. The molecule has 0 spiro atoms. The van der Waals surface area contributed by atoms with Gasteiger partial charge in [0, 0.05) is 22.5 Å². The van der Waals surface area contributed by atoms with Crippen LogP contribution >= 0.6 is 24.2 Å². The van der Waals surface area contributed by atoms with E-state index in [1.165, 1.54) is 0 Å². The predicted octanol–water partition coefficient (Wildman–Crippen LogP) is 3.01. The third-order valence-corrected chi connectivity index (χ3v) is 4.49. The Morgan fingerprint density at radius 1 is 1.45 bits per heavy atom. The van der Waals surface area contributed by atoms with Crippen molar-refractivity contribution in [1.82, 2.24) is 10.6 Å². The first-order valence-electron chi connectivity index (χ1n) is 6.80. The van der Waals surface area contributed by atoms with Crippen LogP contribution < -0.4 is 10.6 Å². The van der Waals surface area contributed by atoms with Crippen LogP contribution in [-0.4, -0.2) is 30.8 Å². The van der Waals surface area contributed by atoms with Gasteiger partial charge in [-0.25, -0.2) is 0 Å². The second kappa shape index (κ2) is 7.91. The second-order valence-corrected chi connectivity index (χ2v) is 6.03. The van der Waals surface area contributed by atoms with E-state index in [0.29, 0.717) is 6.04 Å². The zero-order valence-electron chi connectivity index (χ0n) is 12.2. The molecule has 1 saturated heterocycles. The summed E-state index contributed by atoms with van der Waals surface area (Å²) in [6, 6.07) is 6.64. The Labute approximate surface area is 131 Å². The van der Waals surface area contributed by atoms with Gasteiger partial charge in [-0.1, -0.05) is 6.07 Å². The molecule has 0 radical (unpaired) electrons. The van der Waals surface area contributed by atoms with Gasteiger partial charge in [-0.15, -0.1) is 24.2 Å². The van der Waals surface area contributed by atoms with E-state index in [0.717, 1.165) is 35.4 Å². The fourth-order valence-electron chi connectivity index (χ4n) is 2.46. The predicted molar refractivity (Wildman–Crippen MR) is 88.2 cm³/mol. The highest BCUT2D eigenvalue weighted by Gasteiger charge is 2.23. The molecular weight excluding hydrogens is 292 g/mol. The number of halogens is 1. The summed E-state index contributed by atoms with van der Waals surface area (Å²) in [5, 5.41) is 6.57. The molecule has 3 nitrogen and oxygen atoms in total. The zero-order chi connectivity index (χ0) is 13.8. The van der Waals surface area contributed by atoms with Crippen LogP contribution in [0.15, 0.2) is 23.1 Å². The fraction of sp³-hybridized carbons (Fsp3) is 0.533. The summed E-state index contributed by atoms with van der Waals surface area (Å²) in [4.78, 5) is 13.5. The van der Waals surface area contributed by atoms with Crippen LogP contribution in [0.1, 0.15) is 35.7 Å². The quantitative estimate of drug-likeness (QED) is 0.843.